The van der Waals surface area contributed by atoms with Gasteiger partial charge in [0.05, 0.1) is 18.7 Å². The summed E-state index contributed by atoms with van der Waals surface area (Å²) in [4.78, 5) is 13.8. The van der Waals surface area contributed by atoms with Gasteiger partial charge in [-0.05, 0) is 23.2 Å². The number of nitrogens with zero attached hydrogens (tertiary/aromatic N) is 3. The van der Waals surface area contributed by atoms with Crippen LogP contribution in [0.4, 0.5) is 0 Å². The Bertz CT molecular complexity index is 588. The summed E-state index contributed by atoms with van der Waals surface area (Å²) in [5.41, 5.74) is 9.61. The van der Waals surface area contributed by atoms with Gasteiger partial charge < -0.3 is 4.74 Å². The highest BCUT2D eigenvalue weighted by atomic mass is 16.5. The molecule has 0 fully saturated rings. The van der Waals surface area contributed by atoms with Crippen molar-refractivity contribution in [1.29, 1.82) is 0 Å². The maximum absolute atomic E-state index is 11.1. The number of carbonyl (C=O) groups excluding carboxylic acids is 1. The van der Waals surface area contributed by atoms with Crippen molar-refractivity contribution in [3.8, 4) is 0 Å². The zero-order chi connectivity index (χ0) is 20.3. The Labute approximate surface area is 165 Å². The van der Waals surface area contributed by atoms with Crippen LogP contribution in [0, 0.1) is 0 Å². The van der Waals surface area contributed by atoms with Crippen molar-refractivity contribution >= 4 is 85.0 Å². The fraction of sp³-hybridized carbons (Fsp3) is 0.300. The molecule has 0 aliphatic carbocycles. The molecule has 0 saturated carbocycles. The Morgan fingerprint density at radius 3 is 2.00 bits per heavy atom. The summed E-state index contributed by atoms with van der Waals surface area (Å²) in [7, 11) is 34.8. The summed E-state index contributed by atoms with van der Waals surface area (Å²) in [6, 6.07) is 6.54. The van der Waals surface area contributed by atoms with Crippen LogP contribution in [0.1, 0.15) is 28.9 Å². The van der Waals surface area contributed by atoms with E-state index in [2.05, 4.69) is 14.8 Å². The maximum Gasteiger partial charge on any atom is 0.337 e. The Balaban J connectivity index is 0.000000508. The summed E-state index contributed by atoms with van der Waals surface area (Å²) in [5.74, 6) is -0.377. The highest BCUT2D eigenvalue weighted by molar-refractivity contribution is 8.01. The van der Waals surface area contributed by atoms with Gasteiger partial charge in [0.1, 0.15) is 0 Å². The summed E-state index contributed by atoms with van der Waals surface area (Å²) < 4.78 is 4.56. The summed E-state index contributed by atoms with van der Waals surface area (Å²) in [6.45, 7) is 1.78. The Morgan fingerprint density at radius 2 is 1.69 bits per heavy atom. The van der Waals surface area contributed by atoms with E-state index in [1.165, 1.54) is 14.2 Å². The molecule has 0 aliphatic heterocycles. The van der Waals surface area contributed by atoms with Crippen LogP contribution in [0.5, 0.6) is 0 Å². The second-order valence-electron chi connectivity index (χ2n) is 5.50. The van der Waals surface area contributed by atoms with Gasteiger partial charge in [0, 0.05) is 83.9 Å². The Morgan fingerprint density at radius 1 is 1.19 bits per heavy atom. The normalized spacial score (nSPS) is 10.1. The molecule has 1 unspecified atom stereocenters. The fourth-order valence-electron chi connectivity index (χ4n) is 2.06. The zero-order valence-corrected chi connectivity index (χ0v) is 14.9. The van der Waals surface area contributed by atoms with Gasteiger partial charge in [0.25, 0.3) is 0 Å². The molecule has 111 valence electrons. The highest BCUT2D eigenvalue weighted by Gasteiger charge is 2.26. The molecule has 1 atom stereocenters. The van der Waals surface area contributed by atoms with Gasteiger partial charge in [-0.2, -0.15) is 0 Å². The quantitative estimate of drug-likeness (QED) is 0.205. The molecule has 13 radical (unpaired) electrons. The van der Waals surface area contributed by atoms with Crippen LogP contribution in [0.2, 0.25) is 0 Å². The zero-order valence-electron chi connectivity index (χ0n) is 14.9. The SMILES string of the molecule is COC(=O)c1ccc(C(C)N=[N+]=[N-])cc1.[B][B]B([B])B(B([B])[B])B([B])[B]. The number of hydrogen-bond acceptors (Lipinski definition) is 3. The smallest absolute Gasteiger partial charge is 0.337 e. The van der Waals surface area contributed by atoms with Crippen molar-refractivity contribution in [2.45, 2.75) is 13.0 Å². The predicted octanol–water partition coefficient (Wildman–Crippen LogP) is -1.34. The van der Waals surface area contributed by atoms with E-state index in [-0.39, 0.29) is 18.4 Å². The summed E-state index contributed by atoms with van der Waals surface area (Å²) in [6.07, 6.45) is -2.15. The van der Waals surface area contributed by atoms with Gasteiger partial charge in [-0.25, -0.2) is 4.79 Å². The van der Waals surface area contributed by atoms with E-state index in [4.69, 9.17) is 52.0 Å². The van der Waals surface area contributed by atoms with E-state index >= 15 is 0 Å². The lowest BCUT2D eigenvalue weighted by Gasteiger charge is -2.25. The van der Waals surface area contributed by atoms with E-state index in [1.54, 1.807) is 31.2 Å². The number of ether oxygens (including phenoxy) is 1. The van der Waals surface area contributed by atoms with Crippen LogP contribution >= 0.6 is 0 Å². The molecule has 0 amide bonds. The van der Waals surface area contributed by atoms with Gasteiger partial charge in [-0.3, -0.25) is 0 Å². The molecule has 0 saturated heterocycles. The first kappa shape index (κ1) is 24.7. The molecular formula is C10H11B11N3O2. The van der Waals surface area contributed by atoms with Gasteiger partial charge in [0.15, 0.2) is 0 Å². The topological polar surface area (TPSA) is 75.1 Å². The number of rotatable bonds is 7. The number of esters is 1. The minimum absolute atomic E-state index is 0.235. The molecule has 1 aromatic carbocycles. The third-order valence-electron chi connectivity index (χ3n) is 3.59. The molecule has 5 nitrogen and oxygen atoms in total. The molecule has 0 N–H and O–H groups in total. The van der Waals surface area contributed by atoms with Crippen molar-refractivity contribution < 1.29 is 9.53 Å². The monoisotopic (exact) mass is 326 g/mol. The second-order valence-corrected chi connectivity index (χ2v) is 5.50. The maximum atomic E-state index is 11.1. The largest absolute Gasteiger partial charge is 0.465 e. The second kappa shape index (κ2) is 13.0. The average Bonchev–Trinajstić information content (AvgIpc) is 2.61. The lowest BCUT2D eigenvalue weighted by molar-refractivity contribution is 0.0600. The predicted molar refractivity (Wildman–Crippen MR) is 119 cm³/mol. The standard InChI is InChI=1S/C10H11N3O2.B11/c1-7(12-13-11)8-3-5-9(6-4-8)10(14)15-2;1-7-10(6)11(8(2)3)9(4)5/h3-7H,1-2H3;. The molecule has 0 bridgehead atoms. The summed E-state index contributed by atoms with van der Waals surface area (Å²) in [5, 5.41) is 3.55. The fourth-order valence-corrected chi connectivity index (χ4v) is 2.06. The number of carbonyl (C=O) groups is 1. The third kappa shape index (κ3) is 8.40. The molecular weight excluding hydrogens is 313 g/mol. The first-order chi connectivity index (χ1) is 12.2. The van der Waals surface area contributed by atoms with Crippen LogP contribution in [0.3, 0.4) is 0 Å². The summed E-state index contributed by atoms with van der Waals surface area (Å²) >= 11 is 0. The number of methoxy groups -OCH3 is 1. The van der Waals surface area contributed by atoms with E-state index in [0.717, 1.165) is 5.56 Å². The molecule has 0 heterocycles. The molecule has 26 heavy (non-hydrogen) atoms. The van der Waals surface area contributed by atoms with Crippen molar-refractivity contribution in [3.63, 3.8) is 0 Å². The first-order valence-corrected chi connectivity index (χ1v) is 7.75. The lowest BCUT2D eigenvalue weighted by atomic mass is 8.56. The van der Waals surface area contributed by atoms with Crippen LogP contribution in [0.25, 0.3) is 10.4 Å². The van der Waals surface area contributed by atoms with Gasteiger partial charge in [-0.15, -0.1) is 0 Å². The number of hydrogen-bond donors (Lipinski definition) is 0. The number of benzene rings is 1. The lowest BCUT2D eigenvalue weighted by Crippen LogP contribution is -2.63. The van der Waals surface area contributed by atoms with Crippen molar-refractivity contribution in [3.05, 3.63) is 45.8 Å². The molecule has 0 spiro atoms. The Hall–Kier alpha value is -1.29. The van der Waals surface area contributed by atoms with Crippen molar-refractivity contribution in [2.75, 3.05) is 7.11 Å². The minimum Gasteiger partial charge on any atom is -0.465 e. The van der Waals surface area contributed by atoms with E-state index in [1.807, 2.05) is 0 Å². The van der Waals surface area contributed by atoms with E-state index in [0.29, 0.717) is 5.56 Å². The third-order valence-corrected chi connectivity index (χ3v) is 3.59. The molecule has 0 aromatic heterocycles. The van der Waals surface area contributed by atoms with Gasteiger partial charge in [0.2, 0.25) is 0 Å². The Kier molecular flexibility index (Phi) is 12.3. The molecule has 1 aromatic rings. The number of azide groups is 1. The average molecular weight is 324 g/mol. The van der Waals surface area contributed by atoms with Crippen LogP contribution in [-0.4, -0.2) is 92.1 Å². The molecule has 0 aliphatic rings. The highest BCUT2D eigenvalue weighted by Crippen LogP contribution is 2.17. The molecule has 16 heteroatoms. The van der Waals surface area contributed by atoms with Gasteiger partial charge >= 0.3 is 5.97 Å². The van der Waals surface area contributed by atoms with Crippen LogP contribution in [0.15, 0.2) is 29.4 Å². The van der Waals surface area contributed by atoms with Crippen molar-refractivity contribution in [1.82, 2.24) is 0 Å². The van der Waals surface area contributed by atoms with Crippen molar-refractivity contribution in [2.24, 2.45) is 5.11 Å². The minimum atomic E-state index is -0.648. The van der Waals surface area contributed by atoms with E-state index < -0.39 is 19.2 Å². The van der Waals surface area contributed by atoms with Crippen LogP contribution in [-0.2, 0) is 4.74 Å². The van der Waals surface area contributed by atoms with Crippen LogP contribution < -0.4 is 0 Å². The van der Waals surface area contributed by atoms with E-state index in [9.17, 15) is 4.79 Å². The molecule has 1 rings (SSSR count). The first-order valence-electron chi connectivity index (χ1n) is 7.75. The van der Waals surface area contributed by atoms with Gasteiger partial charge in [-0.1, -0.05) is 24.2 Å².